The van der Waals surface area contributed by atoms with Gasteiger partial charge in [0.25, 0.3) is 5.91 Å². The molecule has 2 aromatic rings. The van der Waals surface area contributed by atoms with E-state index >= 15 is 0 Å². The van der Waals surface area contributed by atoms with E-state index in [0.29, 0.717) is 5.56 Å². The van der Waals surface area contributed by atoms with Crippen molar-refractivity contribution in [1.82, 2.24) is 4.98 Å². The summed E-state index contributed by atoms with van der Waals surface area (Å²) in [5.74, 6) is -1.49. The smallest absolute Gasteiger partial charge is 0.339 e. The van der Waals surface area contributed by atoms with Gasteiger partial charge in [-0.15, -0.1) is 0 Å². The number of anilines is 1. The van der Waals surface area contributed by atoms with Crippen LogP contribution in [0.3, 0.4) is 0 Å². The summed E-state index contributed by atoms with van der Waals surface area (Å²) in [5, 5.41) is 11.7. The lowest BCUT2D eigenvalue weighted by molar-refractivity contribution is 0.0697. The highest BCUT2D eigenvalue weighted by molar-refractivity contribution is 6.07. The van der Waals surface area contributed by atoms with Crippen LogP contribution in [0.4, 0.5) is 5.69 Å². The predicted molar refractivity (Wildman–Crippen MR) is 84.3 cm³/mol. The summed E-state index contributed by atoms with van der Waals surface area (Å²) >= 11 is 0. The third-order valence-corrected chi connectivity index (χ3v) is 3.31. The van der Waals surface area contributed by atoms with E-state index < -0.39 is 5.97 Å². The van der Waals surface area contributed by atoms with Crippen LogP contribution in [0, 0.1) is 0 Å². The van der Waals surface area contributed by atoms with Gasteiger partial charge in [0.15, 0.2) is 0 Å². The molecule has 5 heteroatoms. The van der Waals surface area contributed by atoms with Gasteiger partial charge in [-0.1, -0.05) is 32.9 Å². The average molecular weight is 298 g/mol. The van der Waals surface area contributed by atoms with Gasteiger partial charge in [0.05, 0.1) is 5.69 Å². The van der Waals surface area contributed by atoms with Crippen LogP contribution in [0.25, 0.3) is 0 Å². The second-order valence-corrected chi connectivity index (χ2v) is 6.01. The Morgan fingerprint density at radius 3 is 2.27 bits per heavy atom. The number of carboxylic acid groups (broad SMARTS) is 1. The summed E-state index contributed by atoms with van der Waals surface area (Å²) in [4.78, 5) is 27.1. The molecule has 1 aromatic heterocycles. The van der Waals surface area contributed by atoms with Crippen LogP contribution in [0.1, 0.15) is 47.1 Å². The Kier molecular flexibility index (Phi) is 4.26. The zero-order chi connectivity index (χ0) is 16.3. The molecular weight excluding hydrogens is 280 g/mol. The van der Waals surface area contributed by atoms with Crippen LogP contribution in [0.2, 0.25) is 0 Å². The van der Waals surface area contributed by atoms with Crippen LogP contribution in [-0.2, 0) is 5.41 Å². The maximum absolute atomic E-state index is 12.2. The number of nitrogens with zero attached hydrogens (tertiary/aromatic N) is 1. The molecule has 22 heavy (non-hydrogen) atoms. The summed E-state index contributed by atoms with van der Waals surface area (Å²) in [5.41, 5.74) is 1.80. The number of hydrogen-bond acceptors (Lipinski definition) is 3. The average Bonchev–Trinajstić information content (AvgIpc) is 2.46. The number of aromatic nitrogens is 1. The first kappa shape index (κ1) is 15.7. The Balaban J connectivity index is 2.22. The van der Waals surface area contributed by atoms with Crippen LogP contribution in [0.15, 0.2) is 42.7 Å². The minimum absolute atomic E-state index is 0.0105. The van der Waals surface area contributed by atoms with Gasteiger partial charge >= 0.3 is 5.97 Å². The Hall–Kier alpha value is -2.69. The quantitative estimate of drug-likeness (QED) is 0.911. The summed E-state index contributed by atoms with van der Waals surface area (Å²) in [6, 6.07) is 8.74. The van der Waals surface area contributed by atoms with E-state index in [4.69, 9.17) is 5.11 Å². The highest BCUT2D eigenvalue weighted by Gasteiger charge is 2.16. The van der Waals surface area contributed by atoms with Gasteiger partial charge in [0.2, 0.25) is 0 Å². The van der Waals surface area contributed by atoms with Crippen molar-refractivity contribution >= 4 is 17.6 Å². The minimum Gasteiger partial charge on any atom is -0.478 e. The first-order valence-corrected chi connectivity index (χ1v) is 6.88. The molecule has 5 nitrogen and oxygen atoms in total. The van der Waals surface area contributed by atoms with E-state index in [1.807, 2.05) is 12.1 Å². The number of benzene rings is 1. The molecule has 0 atom stereocenters. The standard InChI is InChI=1S/C17H18N2O3/c1-17(2,3)12-6-4-11(5-7-12)15(20)19-14-8-9-18-10-13(14)16(21)22/h4-10H,1-3H3,(H,21,22)(H,18,19,20). The number of pyridine rings is 1. The third-order valence-electron chi connectivity index (χ3n) is 3.31. The topological polar surface area (TPSA) is 79.3 Å². The molecule has 1 heterocycles. The summed E-state index contributed by atoms with van der Waals surface area (Å²) in [7, 11) is 0. The Morgan fingerprint density at radius 2 is 1.73 bits per heavy atom. The van der Waals surface area contributed by atoms with Gasteiger partial charge < -0.3 is 10.4 Å². The number of nitrogens with one attached hydrogen (secondary N) is 1. The second kappa shape index (κ2) is 5.97. The zero-order valence-corrected chi connectivity index (χ0v) is 12.8. The van der Waals surface area contributed by atoms with Crippen LogP contribution in [-0.4, -0.2) is 22.0 Å². The first-order chi connectivity index (χ1) is 10.3. The number of amides is 1. The van der Waals surface area contributed by atoms with Crippen molar-refractivity contribution in [2.45, 2.75) is 26.2 Å². The molecule has 1 amide bonds. The molecule has 0 saturated heterocycles. The van der Waals surface area contributed by atoms with Gasteiger partial charge in [0, 0.05) is 18.0 Å². The van der Waals surface area contributed by atoms with E-state index in [0.717, 1.165) is 5.56 Å². The summed E-state index contributed by atoms with van der Waals surface area (Å²) in [6.07, 6.45) is 2.64. The minimum atomic E-state index is -1.13. The van der Waals surface area contributed by atoms with Crippen molar-refractivity contribution in [2.75, 3.05) is 5.32 Å². The number of hydrogen-bond donors (Lipinski definition) is 2. The van der Waals surface area contributed by atoms with Gasteiger partial charge in [-0.05, 0) is 29.2 Å². The molecule has 0 aliphatic heterocycles. The number of carbonyl (C=O) groups excluding carboxylic acids is 1. The summed E-state index contributed by atoms with van der Waals surface area (Å²) < 4.78 is 0. The Labute approximate surface area is 129 Å². The van der Waals surface area contributed by atoms with Gasteiger partial charge in [-0.2, -0.15) is 0 Å². The molecular formula is C17H18N2O3. The largest absolute Gasteiger partial charge is 0.478 e. The molecule has 1 aromatic carbocycles. The number of aromatic carboxylic acids is 1. The molecule has 2 N–H and O–H groups in total. The van der Waals surface area contributed by atoms with Crippen molar-refractivity contribution in [1.29, 1.82) is 0 Å². The lowest BCUT2D eigenvalue weighted by atomic mass is 9.87. The van der Waals surface area contributed by atoms with Crippen LogP contribution < -0.4 is 5.32 Å². The first-order valence-electron chi connectivity index (χ1n) is 6.88. The molecule has 0 unspecified atom stereocenters. The Morgan fingerprint density at radius 1 is 1.09 bits per heavy atom. The fraction of sp³-hybridized carbons (Fsp3) is 0.235. The lowest BCUT2D eigenvalue weighted by Crippen LogP contribution is -2.16. The van der Waals surface area contributed by atoms with Crippen molar-refractivity contribution in [2.24, 2.45) is 0 Å². The lowest BCUT2D eigenvalue weighted by Gasteiger charge is -2.19. The molecule has 114 valence electrons. The zero-order valence-electron chi connectivity index (χ0n) is 12.8. The molecule has 0 aliphatic rings. The monoisotopic (exact) mass is 298 g/mol. The normalized spacial score (nSPS) is 11.0. The van der Waals surface area contributed by atoms with Gasteiger partial charge in [-0.3, -0.25) is 9.78 Å². The molecule has 0 saturated carbocycles. The van der Waals surface area contributed by atoms with E-state index in [1.54, 1.807) is 12.1 Å². The SMILES string of the molecule is CC(C)(C)c1ccc(C(=O)Nc2ccncc2C(=O)O)cc1. The Bertz CT molecular complexity index is 701. The van der Waals surface area contributed by atoms with Crippen LogP contribution in [0.5, 0.6) is 0 Å². The second-order valence-electron chi connectivity index (χ2n) is 6.01. The maximum Gasteiger partial charge on any atom is 0.339 e. The van der Waals surface area contributed by atoms with Gasteiger partial charge in [0.1, 0.15) is 5.56 Å². The van der Waals surface area contributed by atoms with Crippen molar-refractivity contribution in [3.05, 3.63) is 59.4 Å². The van der Waals surface area contributed by atoms with Crippen molar-refractivity contribution in [3.63, 3.8) is 0 Å². The van der Waals surface area contributed by atoms with Crippen molar-refractivity contribution < 1.29 is 14.7 Å². The van der Waals surface area contributed by atoms with E-state index in [-0.39, 0.29) is 22.6 Å². The number of rotatable bonds is 3. The molecule has 0 spiro atoms. The number of carboxylic acids is 1. The fourth-order valence-corrected chi connectivity index (χ4v) is 1.99. The highest BCUT2D eigenvalue weighted by atomic mass is 16.4. The summed E-state index contributed by atoms with van der Waals surface area (Å²) in [6.45, 7) is 6.29. The fourth-order valence-electron chi connectivity index (χ4n) is 1.99. The molecule has 0 fully saturated rings. The van der Waals surface area contributed by atoms with Gasteiger partial charge in [-0.25, -0.2) is 4.79 Å². The molecule has 2 rings (SSSR count). The van der Waals surface area contributed by atoms with E-state index in [2.05, 4.69) is 31.1 Å². The van der Waals surface area contributed by atoms with E-state index in [9.17, 15) is 9.59 Å². The van der Waals surface area contributed by atoms with E-state index in [1.165, 1.54) is 18.5 Å². The van der Waals surface area contributed by atoms with Crippen molar-refractivity contribution in [3.8, 4) is 0 Å². The maximum atomic E-state index is 12.2. The van der Waals surface area contributed by atoms with Crippen LogP contribution >= 0.6 is 0 Å². The number of carbonyl (C=O) groups is 2. The predicted octanol–water partition coefficient (Wildman–Crippen LogP) is 3.33. The highest BCUT2D eigenvalue weighted by Crippen LogP contribution is 2.22. The molecule has 0 radical (unpaired) electrons. The third kappa shape index (κ3) is 3.49. The molecule has 0 aliphatic carbocycles. The molecule has 0 bridgehead atoms.